The second kappa shape index (κ2) is 6.54. The zero-order valence-corrected chi connectivity index (χ0v) is 10.5. The number of phenols is 1. The second-order valence-electron chi connectivity index (χ2n) is 4.54. The monoisotopic (exact) mass is 221 g/mol. The van der Waals surface area contributed by atoms with Gasteiger partial charge in [0.1, 0.15) is 5.75 Å². The Labute approximate surface area is 98.7 Å². The molecular formula is C14H23NO. The van der Waals surface area contributed by atoms with E-state index in [0.29, 0.717) is 11.8 Å². The summed E-state index contributed by atoms with van der Waals surface area (Å²) in [5.74, 6) is 1.06. The van der Waals surface area contributed by atoms with Crippen molar-refractivity contribution in [2.45, 2.75) is 39.7 Å². The molecule has 90 valence electrons. The molecule has 0 aliphatic carbocycles. The molecule has 0 heterocycles. The van der Waals surface area contributed by atoms with Crippen LogP contribution in [0.3, 0.4) is 0 Å². The van der Waals surface area contributed by atoms with E-state index >= 15 is 0 Å². The van der Waals surface area contributed by atoms with Crippen molar-refractivity contribution < 1.29 is 5.11 Å². The smallest absolute Gasteiger partial charge is 0.115 e. The van der Waals surface area contributed by atoms with E-state index in [-0.39, 0.29) is 0 Å². The van der Waals surface area contributed by atoms with Crippen molar-refractivity contribution in [3.8, 4) is 5.75 Å². The number of hydrogen-bond acceptors (Lipinski definition) is 2. The molecule has 2 N–H and O–H groups in total. The molecule has 0 fully saturated rings. The van der Waals surface area contributed by atoms with E-state index in [1.54, 1.807) is 12.1 Å². The molecule has 0 bridgehead atoms. The highest BCUT2D eigenvalue weighted by Gasteiger charge is 2.08. The van der Waals surface area contributed by atoms with Crippen LogP contribution in [-0.2, 0) is 6.42 Å². The minimum Gasteiger partial charge on any atom is -0.508 e. The van der Waals surface area contributed by atoms with Crippen molar-refractivity contribution in [2.75, 3.05) is 6.54 Å². The Morgan fingerprint density at radius 1 is 1.19 bits per heavy atom. The molecule has 1 rings (SSSR count). The molecule has 16 heavy (non-hydrogen) atoms. The van der Waals surface area contributed by atoms with Gasteiger partial charge in [-0.25, -0.2) is 0 Å². The summed E-state index contributed by atoms with van der Waals surface area (Å²) in [4.78, 5) is 0. The molecule has 0 saturated carbocycles. The lowest BCUT2D eigenvalue weighted by atomic mass is 10.0. The summed E-state index contributed by atoms with van der Waals surface area (Å²) in [6.07, 6.45) is 2.23. The van der Waals surface area contributed by atoms with Crippen LogP contribution in [0.2, 0.25) is 0 Å². The number of rotatable bonds is 6. The van der Waals surface area contributed by atoms with Gasteiger partial charge in [0.2, 0.25) is 0 Å². The van der Waals surface area contributed by atoms with Gasteiger partial charge in [-0.05, 0) is 43.5 Å². The summed E-state index contributed by atoms with van der Waals surface area (Å²) in [7, 11) is 0. The fraction of sp³-hybridized carbons (Fsp3) is 0.571. The molecule has 2 unspecified atom stereocenters. The highest BCUT2D eigenvalue weighted by Crippen LogP contribution is 2.10. The zero-order chi connectivity index (χ0) is 12.0. The maximum Gasteiger partial charge on any atom is 0.115 e. The van der Waals surface area contributed by atoms with Gasteiger partial charge in [0.05, 0.1) is 0 Å². The molecular weight excluding hydrogens is 198 g/mol. The van der Waals surface area contributed by atoms with Gasteiger partial charge in [0.25, 0.3) is 0 Å². The molecule has 0 aliphatic heterocycles. The van der Waals surface area contributed by atoms with Crippen LogP contribution in [-0.4, -0.2) is 17.7 Å². The highest BCUT2D eigenvalue weighted by atomic mass is 16.3. The largest absolute Gasteiger partial charge is 0.508 e. The van der Waals surface area contributed by atoms with Crippen molar-refractivity contribution in [1.82, 2.24) is 5.32 Å². The van der Waals surface area contributed by atoms with Crippen LogP contribution >= 0.6 is 0 Å². The Hall–Kier alpha value is -1.02. The normalized spacial score (nSPS) is 14.7. The molecule has 1 aromatic rings. The van der Waals surface area contributed by atoms with Gasteiger partial charge in [0.15, 0.2) is 0 Å². The van der Waals surface area contributed by atoms with Crippen LogP contribution in [0.25, 0.3) is 0 Å². The molecule has 0 spiro atoms. The lowest BCUT2D eigenvalue weighted by Crippen LogP contribution is -2.33. The Morgan fingerprint density at radius 3 is 2.38 bits per heavy atom. The maximum absolute atomic E-state index is 9.16. The first-order valence-electron chi connectivity index (χ1n) is 6.14. The summed E-state index contributed by atoms with van der Waals surface area (Å²) in [5, 5.41) is 12.7. The Kier molecular flexibility index (Phi) is 5.33. The van der Waals surface area contributed by atoms with Crippen LogP contribution in [0.15, 0.2) is 24.3 Å². The first-order valence-corrected chi connectivity index (χ1v) is 6.14. The van der Waals surface area contributed by atoms with E-state index in [4.69, 9.17) is 5.11 Å². The molecule has 0 aromatic heterocycles. The van der Waals surface area contributed by atoms with Crippen LogP contribution in [0.4, 0.5) is 0 Å². The number of hydrogen-bond donors (Lipinski definition) is 2. The van der Waals surface area contributed by atoms with E-state index in [9.17, 15) is 0 Å². The van der Waals surface area contributed by atoms with Crippen molar-refractivity contribution in [2.24, 2.45) is 5.92 Å². The van der Waals surface area contributed by atoms with E-state index in [1.165, 1.54) is 12.0 Å². The fourth-order valence-corrected chi connectivity index (χ4v) is 1.66. The Morgan fingerprint density at radius 2 is 1.81 bits per heavy atom. The van der Waals surface area contributed by atoms with Gasteiger partial charge >= 0.3 is 0 Å². The molecule has 2 atom stereocenters. The molecule has 0 saturated heterocycles. The molecule has 0 aliphatic rings. The SMILES string of the molecule is CCC(C)C(C)NCCc1ccc(O)cc1. The van der Waals surface area contributed by atoms with E-state index in [0.717, 1.165) is 18.9 Å². The number of nitrogens with one attached hydrogen (secondary N) is 1. The molecule has 2 heteroatoms. The van der Waals surface area contributed by atoms with Crippen LogP contribution in [0, 0.1) is 5.92 Å². The first kappa shape index (κ1) is 13.0. The quantitative estimate of drug-likeness (QED) is 0.774. The van der Waals surface area contributed by atoms with Gasteiger partial charge in [-0.1, -0.05) is 32.4 Å². The third-order valence-electron chi connectivity index (χ3n) is 3.31. The summed E-state index contributed by atoms with van der Waals surface area (Å²) in [6.45, 7) is 7.74. The fourth-order valence-electron chi connectivity index (χ4n) is 1.66. The molecule has 0 radical (unpaired) electrons. The molecule has 2 nitrogen and oxygen atoms in total. The van der Waals surface area contributed by atoms with Gasteiger partial charge in [0, 0.05) is 6.04 Å². The van der Waals surface area contributed by atoms with Gasteiger partial charge < -0.3 is 10.4 Å². The minimum atomic E-state index is 0.338. The predicted molar refractivity (Wildman–Crippen MR) is 68.7 cm³/mol. The van der Waals surface area contributed by atoms with Gasteiger partial charge in [-0.3, -0.25) is 0 Å². The first-order chi connectivity index (χ1) is 7.63. The standard InChI is InChI=1S/C14H23NO/c1-4-11(2)12(3)15-10-9-13-5-7-14(16)8-6-13/h5-8,11-12,15-16H,4,9-10H2,1-3H3. The van der Waals surface area contributed by atoms with Crippen molar-refractivity contribution in [3.05, 3.63) is 29.8 Å². The van der Waals surface area contributed by atoms with E-state index in [1.807, 2.05) is 12.1 Å². The van der Waals surface area contributed by atoms with E-state index < -0.39 is 0 Å². The molecule has 1 aromatic carbocycles. The summed E-state index contributed by atoms with van der Waals surface area (Å²) < 4.78 is 0. The number of aromatic hydroxyl groups is 1. The van der Waals surface area contributed by atoms with Crippen molar-refractivity contribution >= 4 is 0 Å². The third kappa shape index (κ3) is 4.23. The topological polar surface area (TPSA) is 32.3 Å². The summed E-state index contributed by atoms with van der Waals surface area (Å²) in [6, 6.07) is 8.01. The van der Waals surface area contributed by atoms with Crippen molar-refractivity contribution in [3.63, 3.8) is 0 Å². The lowest BCUT2D eigenvalue weighted by molar-refractivity contribution is 0.393. The third-order valence-corrected chi connectivity index (χ3v) is 3.31. The lowest BCUT2D eigenvalue weighted by Gasteiger charge is -2.19. The van der Waals surface area contributed by atoms with E-state index in [2.05, 4.69) is 26.1 Å². The average molecular weight is 221 g/mol. The summed E-state index contributed by atoms with van der Waals surface area (Å²) >= 11 is 0. The van der Waals surface area contributed by atoms with Gasteiger partial charge in [-0.2, -0.15) is 0 Å². The second-order valence-corrected chi connectivity index (χ2v) is 4.54. The van der Waals surface area contributed by atoms with Crippen LogP contribution in [0.5, 0.6) is 5.75 Å². The maximum atomic E-state index is 9.16. The predicted octanol–water partition coefficient (Wildman–Crippen LogP) is 2.96. The zero-order valence-electron chi connectivity index (χ0n) is 10.5. The highest BCUT2D eigenvalue weighted by molar-refractivity contribution is 5.25. The Balaban J connectivity index is 2.27. The van der Waals surface area contributed by atoms with Crippen LogP contribution in [0.1, 0.15) is 32.8 Å². The number of benzene rings is 1. The Bertz CT molecular complexity index is 294. The average Bonchev–Trinajstić information content (AvgIpc) is 2.30. The van der Waals surface area contributed by atoms with Gasteiger partial charge in [-0.15, -0.1) is 0 Å². The minimum absolute atomic E-state index is 0.338. The number of phenolic OH excluding ortho intramolecular Hbond substituents is 1. The molecule has 0 amide bonds. The van der Waals surface area contributed by atoms with Crippen molar-refractivity contribution in [1.29, 1.82) is 0 Å². The van der Waals surface area contributed by atoms with Crippen LogP contribution < -0.4 is 5.32 Å². The summed E-state index contributed by atoms with van der Waals surface area (Å²) in [5.41, 5.74) is 1.27.